The predicted octanol–water partition coefficient (Wildman–Crippen LogP) is 2.38. The standard InChI is InChI=1S/C9H13F3O2/c10-9(11,12)4-3-8(13)7-2-1-5-14-6-7/h6,8,13H,1-5H2. The summed E-state index contributed by atoms with van der Waals surface area (Å²) < 4.78 is 40.4. The summed E-state index contributed by atoms with van der Waals surface area (Å²) in [4.78, 5) is 0. The first-order chi connectivity index (χ1) is 6.49. The van der Waals surface area contributed by atoms with Crippen LogP contribution in [0, 0.1) is 0 Å². The number of aliphatic hydroxyl groups excluding tert-OH is 1. The first-order valence-corrected chi connectivity index (χ1v) is 4.54. The topological polar surface area (TPSA) is 29.5 Å². The van der Waals surface area contributed by atoms with E-state index in [0.29, 0.717) is 18.6 Å². The van der Waals surface area contributed by atoms with Crippen molar-refractivity contribution in [3.63, 3.8) is 0 Å². The molecule has 1 atom stereocenters. The van der Waals surface area contributed by atoms with E-state index in [0.717, 1.165) is 6.42 Å². The smallest absolute Gasteiger partial charge is 0.389 e. The fraction of sp³-hybridized carbons (Fsp3) is 0.778. The number of alkyl halides is 3. The van der Waals surface area contributed by atoms with Crippen LogP contribution in [0.3, 0.4) is 0 Å². The molecule has 0 aromatic rings. The van der Waals surface area contributed by atoms with E-state index in [2.05, 4.69) is 0 Å². The third-order valence-corrected chi connectivity index (χ3v) is 2.09. The Bertz CT molecular complexity index is 211. The van der Waals surface area contributed by atoms with Crippen molar-refractivity contribution in [2.75, 3.05) is 6.61 Å². The van der Waals surface area contributed by atoms with Crippen molar-refractivity contribution in [2.45, 2.75) is 38.0 Å². The molecule has 82 valence electrons. The van der Waals surface area contributed by atoms with Gasteiger partial charge in [0.2, 0.25) is 0 Å². The van der Waals surface area contributed by atoms with Gasteiger partial charge in [0, 0.05) is 6.42 Å². The highest BCUT2D eigenvalue weighted by Gasteiger charge is 2.28. The quantitative estimate of drug-likeness (QED) is 0.774. The molecule has 1 unspecified atom stereocenters. The summed E-state index contributed by atoms with van der Waals surface area (Å²) in [6, 6.07) is 0. The van der Waals surface area contributed by atoms with Crippen LogP contribution in [0.15, 0.2) is 11.8 Å². The van der Waals surface area contributed by atoms with Gasteiger partial charge in [-0.2, -0.15) is 13.2 Å². The molecule has 5 heteroatoms. The molecule has 0 saturated heterocycles. The lowest BCUT2D eigenvalue weighted by Gasteiger charge is -2.19. The highest BCUT2D eigenvalue weighted by atomic mass is 19.4. The zero-order valence-corrected chi connectivity index (χ0v) is 7.68. The number of ether oxygens (including phenoxy) is 1. The Balaban J connectivity index is 2.34. The molecule has 2 nitrogen and oxygen atoms in total. The number of rotatable bonds is 3. The van der Waals surface area contributed by atoms with Crippen molar-refractivity contribution in [3.8, 4) is 0 Å². The molecule has 0 saturated carbocycles. The second kappa shape index (κ2) is 4.68. The molecule has 0 aromatic heterocycles. The summed E-state index contributed by atoms with van der Waals surface area (Å²) in [5.41, 5.74) is 0.570. The van der Waals surface area contributed by atoms with Crippen molar-refractivity contribution >= 4 is 0 Å². The maximum atomic E-state index is 11.8. The maximum Gasteiger partial charge on any atom is 0.389 e. The van der Waals surface area contributed by atoms with Crippen LogP contribution in [0.25, 0.3) is 0 Å². The largest absolute Gasteiger partial charge is 0.501 e. The Morgan fingerprint density at radius 1 is 1.50 bits per heavy atom. The van der Waals surface area contributed by atoms with Gasteiger partial charge in [-0.25, -0.2) is 0 Å². The van der Waals surface area contributed by atoms with Crippen LogP contribution < -0.4 is 0 Å². The number of hydrogen-bond donors (Lipinski definition) is 1. The second-order valence-electron chi connectivity index (χ2n) is 3.34. The molecule has 0 amide bonds. The maximum absolute atomic E-state index is 11.8. The first-order valence-electron chi connectivity index (χ1n) is 4.54. The summed E-state index contributed by atoms with van der Waals surface area (Å²) in [7, 11) is 0. The fourth-order valence-corrected chi connectivity index (χ4v) is 1.32. The van der Waals surface area contributed by atoms with Crippen LogP contribution >= 0.6 is 0 Å². The van der Waals surface area contributed by atoms with Crippen LogP contribution in [0.5, 0.6) is 0 Å². The van der Waals surface area contributed by atoms with E-state index >= 15 is 0 Å². The molecule has 1 aliphatic rings. The molecule has 1 rings (SSSR count). The summed E-state index contributed by atoms with van der Waals surface area (Å²) >= 11 is 0. The highest BCUT2D eigenvalue weighted by molar-refractivity contribution is 5.06. The average Bonchev–Trinajstić information content (AvgIpc) is 2.14. The lowest BCUT2D eigenvalue weighted by molar-refractivity contribution is -0.139. The van der Waals surface area contributed by atoms with Crippen molar-refractivity contribution in [1.29, 1.82) is 0 Å². The van der Waals surface area contributed by atoms with E-state index in [1.165, 1.54) is 6.26 Å². The molecule has 0 spiro atoms. The Morgan fingerprint density at radius 3 is 2.71 bits per heavy atom. The van der Waals surface area contributed by atoms with E-state index < -0.39 is 18.7 Å². The van der Waals surface area contributed by atoms with Gasteiger partial charge in [0.1, 0.15) is 0 Å². The normalized spacial score (nSPS) is 19.9. The molecular formula is C9H13F3O2. The van der Waals surface area contributed by atoms with Crippen LogP contribution in [0.2, 0.25) is 0 Å². The minimum absolute atomic E-state index is 0.279. The summed E-state index contributed by atoms with van der Waals surface area (Å²) in [6.45, 7) is 0.579. The van der Waals surface area contributed by atoms with Gasteiger partial charge in [0.15, 0.2) is 0 Å². The van der Waals surface area contributed by atoms with Gasteiger partial charge in [-0.15, -0.1) is 0 Å². The van der Waals surface area contributed by atoms with Crippen LogP contribution in [0.1, 0.15) is 25.7 Å². The molecule has 1 heterocycles. The molecule has 1 N–H and O–H groups in total. The minimum atomic E-state index is -4.20. The van der Waals surface area contributed by atoms with Gasteiger partial charge < -0.3 is 9.84 Å². The number of hydrogen-bond acceptors (Lipinski definition) is 2. The minimum Gasteiger partial charge on any atom is -0.501 e. The Labute approximate surface area is 80.4 Å². The van der Waals surface area contributed by atoms with Crippen LogP contribution in [-0.4, -0.2) is 24.0 Å². The summed E-state index contributed by atoms with van der Waals surface area (Å²) in [6.07, 6.45) is -3.68. The van der Waals surface area contributed by atoms with E-state index in [1.807, 2.05) is 0 Å². The van der Waals surface area contributed by atoms with E-state index in [1.54, 1.807) is 0 Å². The van der Waals surface area contributed by atoms with Crippen molar-refractivity contribution in [2.24, 2.45) is 0 Å². The third kappa shape index (κ3) is 4.00. The molecule has 0 bridgehead atoms. The Morgan fingerprint density at radius 2 is 2.21 bits per heavy atom. The lowest BCUT2D eigenvalue weighted by Crippen LogP contribution is -2.18. The van der Waals surface area contributed by atoms with E-state index in [-0.39, 0.29) is 6.42 Å². The lowest BCUT2D eigenvalue weighted by atomic mass is 10.0. The monoisotopic (exact) mass is 210 g/mol. The van der Waals surface area contributed by atoms with Gasteiger partial charge in [-0.3, -0.25) is 0 Å². The van der Waals surface area contributed by atoms with Gasteiger partial charge in [0.25, 0.3) is 0 Å². The zero-order valence-electron chi connectivity index (χ0n) is 7.68. The van der Waals surface area contributed by atoms with Gasteiger partial charge in [0.05, 0.1) is 19.0 Å². The van der Waals surface area contributed by atoms with Crippen LogP contribution in [0.4, 0.5) is 13.2 Å². The molecule has 0 aromatic carbocycles. The van der Waals surface area contributed by atoms with Gasteiger partial charge in [-0.05, 0) is 24.8 Å². The molecule has 0 fully saturated rings. The number of halogens is 3. The third-order valence-electron chi connectivity index (χ3n) is 2.09. The highest BCUT2D eigenvalue weighted by Crippen LogP contribution is 2.26. The molecule has 0 aliphatic carbocycles. The Hall–Kier alpha value is -0.710. The SMILES string of the molecule is OC(CCC(F)(F)F)C1=COCCC1. The average molecular weight is 210 g/mol. The van der Waals surface area contributed by atoms with E-state index in [4.69, 9.17) is 4.74 Å². The molecule has 1 aliphatic heterocycles. The first kappa shape index (κ1) is 11.4. The van der Waals surface area contributed by atoms with Gasteiger partial charge in [-0.1, -0.05) is 0 Å². The zero-order chi connectivity index (χ0) is 10.6. The van der Waals surface area contributed by atoms with Crippen molar-refractivity contribution < 1.29 is 23.0 Å². The second-order valence-corrected chi connectivity index (χ2v) is 3.34. The van der Waals surface area contributed by atoms with Crippen molar-refractivity contribution in [3.05, 3.63) is 11.8 Å². The predicted molar refractivity (Wildman–Crippen MR) is 44.6 cm³/mol. The van der Waals surface area contributed by atoms with Crippen molar-refractivity contribution in [1.82, 2.24) is 0 Å². The van der Waals surface area contributed by atoms with Gasteiger partial charge >= 0.3 is 6.18 Å². The van der Waals surface area contributed by atoms with Crippen LogP contribution in [-0.2, 0) is 4.74 Å². The summed E-state index contributed by atoms with van der Waals surface area (Å²) in [5, 5.41) is 9.39. The number of aliphatic hydroxyl groups is 1. The molecule has 14 heavy (non-hydrogen) atoms. The summed E-state index contributed by atoms with van der Waals surface area (Å²) in [5.74, 6) is 0. The van der Waals surface area contributed by atoms with E-state index in [9.17, 15) is 18.3 Å². The fourth-order valence-electron chi connectivity index (χ4n) is 1.32. The molecular weight excluding hydrogens is 197 g/mol. The Kier molecular flexibility index (Phi) is 3.80. The molecule has 0 radical (unpaired) electrons.